The van der Waals surface area contributed by atoms with Crippen LogP contribution in [0.1, 0.15) is 20.7 Å². The van der Waals surface area contributed by atoms with E-state index in [1.165, 1.54) is 0 Å². The van der Waals surface area contributed by atoms with E-state index in [1.807, 2.05) is 0 Å². The molecule has 1 heterocycles. The number of fused-ring (bicyclic) bond motifs is 3. The average molecular weight is 334 g/mol. The number of ether oxygens (including phenoxy) is 1. The largest absolute Gasteiger partial charge is 0.425 e. The average Bonchev–Trinajstić information content (AvgIpc) is 2.74. The number of hydrogen-bond acceptors (Lipinski definition) is 4. The van der Waals surface area contributed by atoms with Gasteiger partial charge in [0.1, 0.15) is 11.1 Å². The second-order valence-corrected chi connectivity index (χ2v) is 4.80. The third kappa shape index (κ3) is 1.89. The van der Waals surface area contributed by atoms with Crippen LogP contribution in [-0.2, 0) is 4.79 Å². The molecule has 3 rings (SSSR count). The van der Waals surface area contributed by atoms with Crippen LogP contribution in [0.5, 0.6) is 5.75 Å². The van der Waals surface area contributed by atoms with Gasteiger partial charge in [-0.25, -0.2) is 0 Å². The van der Waals surface area contributed by atoms with Crippen molar-refractivity contribution in [3.05, 3.63) is 41.5 Å². The molecule has 0 fully saturated rings. The minimum absolute atomic E-state index is 0.00413. The molecule has 0 aromatic heterocycles. The monoisotopic (exact) mass is 333 g/mol. The molecule has 2 aromatic rings. The van der Waals surface area contributed by atoms with Crippen LogP contribution in [0, 0.1) is 0 Å². The molecule has 1 aliphatic rings. The quantitative estimate of drug-likeness (QED) is 0.395. The van der Waals surface area contributed by atoms with E-state index in [4.69, 9.17) is 4.74 Å². The summed E-state index contributed by atoms with van der Waals surface area (Å²) < 4.78 is 5.13. The number of hydrogen-bond donors (Lipinski definition) is 1. The fraction of sp³-hybridized carbons (Fsp3) is 0.0714. The topological polar surface area (TPSA) is 72.5 Å². The van der Waals surface area contributed by atoms with E-state index in [0.29, 0.717) is 5.39 Å². The Labute approximate surface area is 122 Å². The van der Waals surface area contributed by atoms with Gasteiger partial charge in [0, 0.05) is 0 Å². The fourth-order valence-electron chi connectivity index (χ4n) is 2.24. The Hall–Kier alpha value is -2.21. The molecular formula is C14H8BrNO4. The molecule has 100 valence electrons. The Kier molecular flexibility index (Phi) is 3.02. The number of esters is 1. The lowest BCUT2D eigenvalue weighted by Gasteiger charge is -2.09. The van der Waals surface area contributed by atoms with Crippen LogP contribution in [0.25, 0.3) is 10.8 Å². The van der Waals surface area contributed by atoms with Gasteiger partial charge in [0.15, 0.2) is 0 Å². The molecule has 0 radical (unpaired) electrons. The van der Waals surface area contributed by atoms with E-state index >= 15 is 0 Å². The van der Waals surface area contributed by atoms with Gasteiger partial charge < -0.3 is 4.74 Å². The summed E-state index contributed by atoms with van der Waals surface area (Å²) in [6.07, 6.45) is 0. The number of halogens is 1. The summed E-state index contributed by atoms with van der Waals surface area (Å²) in [5.74, 6) is -1.45. The van der Waals surface area contributed by atoms with Crippen molar-refractivity contribution in [2.24, 2.45) is 0 Å². The number of amides is 2. The van der Waals surface area contributed by atoms with Crippen molar-refractivity contribution in [1.82, 2.24) is 5.32 Å². The smallest absolute Gasteiger partial charge is 0.321 e. The zero-order valence-corrected chi connectivity index (χ0v) is 11.7. The summed E-state index contributed by atoms with van der Waals surface area (Å²) in [5.41, 5.74) is 0.369. The zero-order chi connectivity index (χ0) is 14.3. The second-order valence-electron chi connectivity index (χ2n) is 4.24. The Morgan fingerprint density at radius 1 is 1.15 bits per heavy atom. The second kappa shape index (κ2) is 4.72. The highest BCUT2D eigenvalue weighted by atomic mass is 79.9. The highest BCUT2D eigenvalue weighted by Crippen LogP contribution is 2.34. The maximum Gasteiger partial charge on any atom is 0.321 e. The molecule has 2 aromatic carbocycles. The fourth-order valence-corrected chi connectivity index (χ4v) is 2.36. The number of imide groups is 1. The van der Waals surface area contributed by atoms with E-state index in [2.05, 4.69) is 21.2 Å². The first-order valence-corrected chi connectivity index (χ1v) is 6.92. The zero-order valence-electron chi connectivity index (χ0n) is 10.1. The number of benzene rings is 2. The van der Waals surface area contributed by atoms with Gasteiger partial charge in [0.05, 0.1) is 11.1 Å². The molecule has 1 N–H and O–H groups in total. The number of rotatable bonds is 2. The summed E-state index contributed by atoms with van der Waals surface area (Å²) in [4.78, 5) is 35.2. The lowest BCUT2D eigenvalue weighted by molar-refractivity contribution is -0.131. The van der Waals surface area contributed by atoms with Crippen molar-refractivity contribution in [3.8, 4) is 5.75 Å². The maximum atomic E-state index is 11.9. The Morgan fingerprint density at radius 2 is 1.85 bits per heavy atom. The molecule has 5 nitrogen and oxygen atoms in total. The molecule has 2 amide bonds. The first kappa shape index (κ1) is 12.8. The van der Waals surface area contributed by atoms with Gasteiger partial charge in [-0.1, -0.05) is 40.2 Å². The van der Waals surface area contributed by atoms with E-state index < -0.39 is 17.8 Å². The molecule has 0 aliphatic carbocycles. The van der Waals surface area contributed by atoms with Crippen molar-refractivity contribution < 1.29 is 19.1 Å². The summed E-state index contributed by atoms with van der Waals surface area (Å²) in [6.45, 7) is 0. The van der Waals surface area contributed by atoms with E-state index in [1.54, 1.807) is 30.3 Å². The van der Waals surface area contributed by atoms with E-state index in [0.717, 1.165) is 5.39 Å². The Bertz CT molecular complexity index is 769. The van der Waals surface area contributed by atoms with Gasteiger partial charge >= 0.3 is 5.97 Å². The Balaban J connectivity index is 2.31. The summed E-state index contributed by atoms with van der Waals surface area (Å²) in [6, 6.07) is 8.72. The maximum absolute atomic E-state index is 11.9. The van der Waals surface area contributed by atoms with Crippen molar-refractivity contribution in [1.29, 1.82) is 0 Å². The minimum atomic E-state index is -0.548. The number of carbonyl (C=O) groups is 3. The highest BCUT2D eigenvalue weighted by Gasteiger charge is 2.33. The first-order valence-electron chi connectivity index (χ1n) is 5.80. The first-order chi connectivity index (χ1) is 9.61. The van der Waals surface area contributed by atoms with Crippen LogP contribution in [0.3, 0.4) is 0 Å². The van der Waals surface area contributed by atoms with Crippen LogP contribution >= 0.6 is 15.9 Å². The van der Waals surface area contributed by atoms with Gasteiger partial charge in [-0.05, 0) is 16.8 Å². The van der Waals surface area contributed by atoms with Crippen molar-refractivity contribution in [2.75, 3.05) is 5.33 Å². The van der Waals surface area contributed by atoms with Gasteiger partial charge in [0.2, 0.25) is 0 Å². The molecule has 20 heavy (non-hydrogen) atoms. The lowest BCUT2D eigenvalue weighted by Crippen LogP contribution is -2.20. The van der Waals surface area contributed by atoms with E-state index in [-0.39, 0.29) is 22.2 Å². The predicted molar refractivity (Wildman–Crippen MR) is 75.2 cm³/mol. The highest BCUT2D eigenvalue weighted by molar-refractivity contribution is 9.09. The number of alkyl halides is 1. The number of nitrogens with one attached hydrogen (secondary N) is 1. The molecular weight excluding hydrogens is 326 g/mol. The van der Waals surface area contributed by atoms with Crippen LogP contribution in [-0.4, -0.2) is 23.1 Å². The molecule has 1 aliphatic heterocycles. The van der Waals surface area contributed by atoms with Crippen LogP contribution in [0.4, 0.5) is 0 Å². The van der Waals surface area contributed by atoms with Crippen molar-refractivity contribution in [3.63, 3.8) is 0 Å². The normalized spacial score (nSPS) is 13.2. The van der Waals surface area contributed by atoms with Crippen LogP contribution < -0.4 is 10.1 Å². The van der Waals surface area contributed by atoms with Crippen LogP contribution in [0.2, 0.25) is 0 Å². The summed E-state index contributed by atoms with van der Waals surface area (Å²) >= 11 is 2.99. The minimum Gasteiger partial charge on any atom is -0.425 e. The molecule has 0 atom stereocenters. The van der Waals surface area contributed by atoms with Gasteiger partial charge in [-0.15, -0.1) is 0 Å². The van der Waals surface area contributed by atoms with Gasteiger partial charge in [-0.2, -0.15) is 0 Å². The van der Waals surface area contributed by atoms with Gasteiger partial charge in [-0.3, -0.25) is 19.7 Å². The van der Waals surface area contributed by atoms with E-state index in [9.17, 15) is 14.4 Å². The third-order valence-corrected chi connectivity index (χ3v) is 3.49. The third-order valence-electron chi connectivity index (χ3n) is 3.03. The van der Waals surface area contributed by atoms with Crippen molar-refractivity contribution >= 4 is 44.5 Å². The molecule has 0 bridgehead atoms. The van der Waals surface area contributed by atoms with Crippen molar-refractivity contribution in [2.45, 2.75) is 0 Å². The molecule has 0 spiro atoms. The standard InChI is InChI=1S/C14H8BrNO4/c15-6-10(17)20-9-5-7-3-1-2-4-8(7)11-12(9)14(19)16-13(11)18/h1-5H,6H2,(H,16,18,19). The SMILES string of the molecule is O=C(CBr)Oc1cc2ccccc2c2c1C(=O)NC2=O. The molecule has 0 saturated heterocycles. The summed E-state index contributed by atoms with van der Waals surface area (Å²) in [5, 5.41) is 3.62. The number of carbonyl (C=O) groups excluding carboxylic acids is 3. The molecule has 0 saturated carbocycles. The summed E-state index contributed by atoms with van der Waals surface area (Å²) in [7, 11) is 0. The molecule has 6 heteroatoms. The van der Waals surface area contributed by atoms with Gasteiger partial charge in [0.25, 0.3) is 11.8 Å². The van der Waals surface area contributed by atoms with Crippen LogP contribution in [0.15, 0.2) is 30.3 Å². The predicted octanol–water partition coefficient (Wildman–Crippen LogP) is 2.02. The Morgan fingerprint density at radius 3 is 2.60 bits per heavy atom. The molecule has 0 unspecified atom stereocenters. The lowest BCUT2D eigenvalue weighted by atomic mass is 9.99.